The van der Waals surface area contributed by atoms with Crippen molar-refractivity contribution in [2.24, 2.45) is 10.2 Å². The van der Waals surface area contributed by atoms with Gasteiger partial charge in [-0.25, -0.2) is 0 Å². The smallest absolute Gasteiger partial charge is 0.239 e. The molecule has 0 N–H and O–H groups in total. The number of carbonyl (C=O) groups excluding carboxylic acids is 1. The first kappa shape index (κ1) is 19.0. The Morgan fingerprint density at radius 1 is 1.19 bits per heavy atom. The lowest BCUT2D eigenvalue weighted by atomic mass is 10.1. The number of methoxy groups -OCH3 is 2. The van der Waals surface area contributed by atoms with Crippen molar-refractivity contribution >= 4 is 29.1 Å². The molecule has 0 radical (unpaired) electrons. The summed E-state index contributed by atoms with van der Waals surface area (Å²) in [5.74, 6) is 1.77. The van der Waals surface area contributed by atoms with Gasteiger partial charge in [-0.1, -0.05) is 36.0 Å². The van der Waals surface area contributed by atoms with E-state index in [-0.39, 0.29) is 5.91 Å². The maximum Gasteiger partial charge on any atom is 0.239 e. The first-order valence-corrected chi connectivity index (χ1v) is 9.41. The molecule has 1 fully saturated rings. The van der Waals surface area contributed by atoms with Gasteiger partial charge < -0.3 is 9.47 Å². The van der Waals surface area contributed by atoms with Gasteiger partial charge in [0.05, 0.1) is 32.7 Å². The number of hydrogen-bond acceptors (Lipinski definition) is 6. The van der Waals surface area contributed by atoms with Crippen LogP contribution in [0.15, 0.2) is 52.7 Å². The maximum absolute atomic E-state index is 12.2. The highest BCUT2D eigenvalue weighted by molar-refractivity contribution is 8.15. The van der Waals surface area contributed by atoms with E-state index in [0.717, 1.165) is 16.7 Å². The number of carbonyl (C=O) groups is 1. The van der Waals surface area contributed by atoms with Crippen LogP contribution in [0.1, 0.15) is 16.7 Å². The van der Waals surface area contributed by atoms with Gasteiger partial charge in [0.2, 0.25) is 5.91 Å². The van der Waals surface area contributed by atoms with Crippen molar-refractivity contribution in [1.82, 2.24) is 4.90 Å². The molecule has 0 aromatic heterocycles. The number of ether oxygens (including phenoxy) is 2. The third-order valence-electron chi connectivity index (χ3n) is 4.23. The van der Waals surface area contributed by atoms with Gasteiger partial charge in [-0.05, 0) is 30.2 Å². The highest BCUT2D eigenvalue weighted by Crippen LogP contribution is 2.25. The van der Waals surface area contributed by atoms with Crippen molar-refractivity contribution in [3.05, 3.63) is 59.2 Å². The Morgan fingerprint density at radius 3 is 2.74 bits per heavy atom. The molecule has 1 heterocycles. The summed E-state index contributed by atoms with van der Waals surface area (Å²) in [7, 11) is 3.19. The second kappa shape index (κ2) is 8.73. The van der Waals surface area contributed by atoms with Crippen LogP contribution in [0.2, 0.25) is 0 Å². The van der Waals surface area contributed by atoms with E-state index in [9.17, 15) is 4.79 Å². The fourth-order valence-electron chi connectivity index (χ4n) is 2.65. The molecule has 0 spiro atoms. The van der Waals surface area contributed by atoms with Crippen molar-refractivity contribution in [3.8, 4) is 11.5 Å². The number of amides is 1. The van der Waals surface area contributed by atoms with Crippen LogP contribution in [0.4, 0.5) is 0 Å². The lowest BCUT2D eigenvalue weighted by molar-refractivity contribution is -0.124. The van der Waals surface area contributed by atoms with Crippen molar-refractivity contribution in [2.75, 3.05) is 20.0 Å². The number of benzene rings is 2. The van der Waals surface area contributed by atoms with Crippen LogP contribution in [-0.4, -0.2) is 42.2 Å². The lowest BCUT2D eigenvalue weighted by Crippen LogP contribution is -2.29. The molecule has 1 saturated heterocycles. The SMILES string of the molecule is COc1ccc(/C=N\N=C2/SCC(=O)N2Cc2ccccc2C)c(OC)c1. The van der Waals surface area contributed by atoms with Crippen molar-refractivity contribution < 1.29 is 14.3 Å². The number of hydrogen-bond donors (Lipinski definition) is 0. The molecule has 6 nitrogen and oxygen atoms in total. The predicted molar refractivity (Wildman–Crippen MR) is 109 cm³/mol. The largest absolute Gasteiger partial charge is 0.497 e. The molecular formula is C20H21N3O3S. The third kappa shape index (κ3) is 4.49. The fourth-order valence-corrected chi connectivity index (χ4v) is 3.49. The molecule has 2 aromatic rings. The number of amidine groups is 1. The Hall–Kier alpha value is -2.80. The van der Waals surface area contributed by atoms with Gasteiger partial charge in [0.15, 0.2) is 5.17 Å². The second-order valence-corrected chi connectivity index (χ2v) is 6.87. The zero-order valence-corrected chi connectivity index (χ0v) is 16.3. The molecule has 3 rings (SSSR count). The molecule has 0 saturated carbocycles. The van der Waals surface area contributed by atoms with Gasteiger partial charge in [0, 0.05) is 11.6 Å². The zero-order chi connectivity index (χ0) is 19.2. The maximum atomic E-state index is 12.2. The average Bonchev–Trinajstić information content (AvgIpc) is 3.03. The standard InChI is InChI=1S/C20H21N3O3S/c1-14-6-4-5-7-16(14)12-23-19(24)13-27-20(23)22-21-11-15-8-9-17(25-2)10-18(15)26-3/h4-11H,12-13H2,1-3H3/b21-11-,22-20-. The van der Waals surface area contributed by atoms with E-state index in [1.54, 1.807) is 31.4 Å². The Kier molecular flexibility index (Phi) is 6.13. The lowest BCUT2D eigenvalue weighted by Gasteiger charge is -2.16. The fraction of sp³-hybridized carbons (Fsp3) is 0.250. The summed E-state index contributed by atoms with van der Waals surface area (Å²) in [5, 5.41) is 9.03. The van der Waals surface area contributed by atoms with E-state index >= 15 is 0 Å². The average molecular weight is 383 g/mol. The van der Waals surface area contributed by atoms with Crippen LogP contribution in [0.3, 0.4) is 0 Å². The van der Waals surface area contributed by atoms with Crippen LogP contribution in [0, 0.1) is 6.92 Å². The molecule has 27 heavy (non-hydrogen) atoms. The van der Waals surface area contributed by atoms with Gasteiger partial charge in [0.25, 0.3) is 0 Å². The van der Waals surface area contributed by atoms with Gasteiger partial charge in [-0.15, -0.1) is 5.10 Å². The molecule has 0 bridgehead atoms. The quantitative estimate of drug-likeness (QED) is 0.566. The Labute approximate surface area is 162 Å². The van der Waals surface area contributed by atoms with E-state index < -0.39 is 0 Å². The van der Waals surface area contributed by atoms with Gasteiger partial charge in [-0.3, -0.25) is 9.69 Å². The first-order chi connectivity index (χ1) is 13.1. The van der Waals surface area contributed by atoms with E-state index in [1.165, 1.54) is 11.8 Å². The summed E-state index contributed by atoms with van der Waals surface area (Å²) >= 11 is 1.40. The summed E-state index contributed by atoms with van der Waals surface area (Å²) in [6, 6.07) is 13.5. The molecule has 0 atom stereocenters. The number of rotatable bonds is 6. The molecule has 1 aliphatic rings. The van der Waals surface area contributed by atoms with Crippen molar-refractivity contribution in [1.29, 1.82) is 0 Å². The van der Waals surface area contributed by atoms with Crippen molar-refractivity contribution in [3.63, 3.8) is 0 Å². The van der Waals surface area contributed by atoms with Gasteiger partial charge in [-0.2, -0.15) is 5.10 Å². The molecule has 0 aliphatic carbocycles. The zero-order valence-electron chi connectivity index (χ0n) is 15.5. The molecule has 1 aliphatic heterocycles. The van der Waals surface area contributed by atoms with E-state index in [1.807, 2.05) is 43.3 Å². The minimum Gasteiger partial charge on any atom is -0.497 e. The number of nitrogens with zero attached hydrogens (tertiary/aromatic N) is 3. The molecule has 140 valence electrons. The van der Waals surface area contributed by atoms with Crippen LogP contribution in [-0.2, 0) is 11.3 Å². The Balaban J connectivity index is 1.78. The van der Waals surface area contributed by atoms with Crippen LogP contribution in [0.25, 0.3) is 0 Å². The van der Waals surface area contributed by atoms with Gasteiger partial charge >= 0.3 is 0 Å². The summed E-state index contributed by atoms with van der Waals surface area (Å²) in [4.78, 5) is 13.9. The molecular weight excluding hydrogens is 362 g/mol. The predicted octanol–water partition coefficient (Wildman–Crippen LogP) is 3.48. The van der Waals surface area contributed by atoms with Crippen LogP contribution >= 0.6 is 11.8 Å². The minimum absolute atomic E-state index is 0.0410. The topological polar surface area (TPSA) is 63.5 Å². The Bertz CT molecular complexity index is 896. The van der Waals surface area contributed by atoms with E-state index in [4.69, 9.17) is 9.47 Å². The Morgan fingerprint density at radius 2 is 2.00 bits per heavy atom. The minimum atomic E-state index is 0.0410. The molecule has 7 heteroatoms. The highest BCUT2D eigenvalue weighted by Gasteiger charge is 2.28. The van der Waals surface area contributed by atoms with E-state index in [0.29, 0.717) is 29.0 Å². The summed E-state index contributed by atoms with van der Waals surface area (Å²) in [6.07, 6.45) is 1.61. The normalized spacial score (nSPS) is 15.7. The van der Waals surface area contributed by atoms with Crippen LogP contribution in [0.5, 0.6) is 11.5 Å². The summed E-state index contributed by atoms with van der Waals surface area (Å²) in [6.45, 7) is 2.53. The summed E-state index contributed by atoms with van der Waals surface area (Å²) < 4.78 is 10.5. The first-order valence-electron chi connectivity index (χ1n) is 8.43. The highest BCUT2D eigenvalue weighted by atomic mass is 32.2. The summed E-state index contributed by atoms with van der Waals surface area (Å²) in [5.41, 5.74) is 3.03. The molecule has 0 unspecified atom stereocenters. The monoisotopic (exact) mass is 383 g/mol. The number of aryl methyl sites for hydroxylation is 1. The molecule has 2 aromatic carbocycles. The van der Waals surface area contributed by atoms with Gasteiger partial charge in [0.1, 0.15) is 11.5 Å². The third-order valence-corrected chi connectivity index (χ3v) is 5.18. The molecule has 1 amide bonds. The van der Waals surface area contributed by atoms with E-state index in [2.05, 4.69) is 10.2 Å². The van der Waals surface area contributed by atoms with Crippen molar-refractivity contribution in [2.45, 2.75) is 13.5 Å². The van der Waals surface area contributed by atoms with Crippen LogP contribution < -0.4 is 9.47 Å². The number of thioether (sulfide) groups is 1. The second-order valence-electron chi connectivity index (χ2n) is 5.93.